The highest BCUT2D eigenvalue weighted by Gasteiger charge is 2.52. The number of hydrogen-bond donors (Lipinski definition) is 1. The molecule has 2 atom stereocenters. The average molecular weight is 468 g/mol. The zero-order valence-corrected chi connectivity index (χ0v) is 17.5. The van der Waals surface area contributed by atoms with Crippen molar-refractivity contribution in [2.75, 3.05) is 39.5 Å². The molecule has 2 fully saturated rings. The number of pyridine rings is 1. The predicted molar refractivity (Wildman–Crippen MR) is 109 cm³/mol. The summed E-state index contributed by atoms with van der Waals surface area (Å²) in [4.78, 5) is 27.4. The number of carboxylic acids is 1. The van der Waals surface area contributed by atoms with Crippen LogP contribution in [0.4, 0.5) is 13.2 Å². The molecule has 1 amide bonds. The standard InChI is InChI=1S/C20H22N2O4.C2HF3O2/c23-19(12-25-17-5-2-1-3-6-17)22-10-16-11-24-14-20(16,13-22)15-26-18-7-4-8-21-9-18;3-2(4,5)1(6)7/h1-9,16H,10-15H2;(H,6,7)/t16-,20+;/m1./s1. The van der Waals surface area contributed by atoms with Crippen molar-refractivity contribution in [2.45, 2.75) is 6.18 Å². The molecule has 0 aliphatic carbocycles. The summed E-state index contributed by atoms with van der Waals surface area (Å²) in [6.45, 7) is 3.17. The lowest BCUT2D eigenvalue weighted by Gasteiger charge is -2.27. The summed E-state index contributed by atoms with van der Waals surface area (Å²) in [7, 11) is 0. The molecule has 2 saturated heterocycles. The molecule has 0 spiro atoms. The SMILES string of the molecule is O=C(COc1ccccc1)N1C[C@@H]2COC[C@]2(COc2cccnc2)C1.O=C(O)C(F)(F)F. The van der Waals surface area contributed by atoms with Gasteiger partial charge in [-0.1, -0.05) is 18.2 Å². The second-order valence-electron chi connectivity index (χ2n) is 7.73. The lowest BCUT2D eigenvalue weighted by Crippen LogP contribution is -2.39. The lowest BCUT2D eigenvalue weighted by molar-refractivity contribution is -0.192. The quantitative estimate of drug-likeness (QED) is 0.696. The summed E-state index contributed by atoms with van der Waals surface area (Å²) in [5, 5.41) is 7.12. The molecule has 1 aromatic carbocycles. The third-order valence-electron chi connectivity index (χ3n) is 5.38. The Hall–Kier alpha value is -3.34. The number of benzene rings is 1. The number of carbonyl (C=O) groups excluding carboxylic acids is 1. The van der Waals surface area contributed by atoms with Crippen molar-refractivity contribution in [1.82, 2.24) is 9.88 Å². The first-order valence-corrected chi connectivity index (χ1v) is 10.1. The number of aromatic nitrogens is 1. The van der Waals surface area contributed by atoms with Crippen molar-refractivity contribution in [3.63, 3.8) is 0 Å². The van der Waals surface area contributed by atoms with E-state index >= 15 is 0 Å². The number of amides is 1. The second-order valence-corrected chi connectivity index (χ2v) is 7.73. The fourth-order valence-corrected chi connectivity index (χ4v) is 3.64. The van der Waals surface area contributed by atoms with Gasteiger partial charge < -0.3 is 24.2 Å². The number of aliphatic carboxylic acids is 1. The minimum Gasteiger partial charge on any atom is -0.491 e. The molecular formula is C22H23F3N2O6. The Morgan fingerprint density at radius 3 is 2.48 bits per heavy atom. The average Bonchev–Trinajstić information content (AvgIpc) is 3.35. The van der Waals surface area contributed by atoms with Crippen LogP contribution in [0, 0.1) is 11.3 Å². The number of likely N-dealkylation sites (tertiary alicyclic amines) is 1. The number of carbonyl (C=O) groups is 2. The van der Waals surface area contributed by atoms with Crippen LogP contribution < -0.4 is 9.47 Å². The van der Waals surface area contributed by atoms with Gasteiger partial charge in [-0.25, -0.2) is 4.79 Å². The molecule has 0 radical (unpaired) electrons. The molecule has 2 aromatic rings. The smallest absolute Gasteiger partial charge is 0.490 e. The monoisotopic (exact) mass is 468 g/mol. The fourth-order valence-electron chi connectivity index (χ4n) is 3.64. The van der Waals surface area contributed by atoms with Crippen LogP contribution in [-0.4, -0.2) is 72.6 Å². The lowest BCUT2D eigenvalue weighted by atomic mass is 9.82. The van der Waals surface area contributed by atoms with E-state index < -0.39 is 12.1 Å². The Morgan fingerprint density at radius 1 is 1.15 bits per heavy atom. The van der Waals surface area contributed by atoms with Gasteiger partial charge in [0.25, 0.3) is 5.91 Å². The first kappa shape index (κ1) is 24.3. The van der Waals surface area contributed by atoms with Crippen LogP contribution >= 0.6 is 0 Å². The van der Waals surface area contributed by atoms with Crippen LogP contribution in [0.3, 0.4) is 0 Å². The first-order valence-electron chi connectivity index (χ1n) is 10.1. The van der Waals surface area contributed by atoms with Crippen molar-refractivity contribution in [3.05, 3.63) is 54.9 Å². The summed E-state index contributed by atoms with van der Waals surface area (Å²) in [6.07, 6.45) is -1.66. The van der Waals surface area contributed by atoms with Crippen LogP contribution in [0.15, 0.2) is 54.9 Å². The highest BCUT2D eigenvalue weighted by Crippen LogP contribution is 2.41. The zero-order valence-electron chi connectivity index (χ0n) is 17.5. The summed E-state index contributed by atoms with van der Waals surface area (Å²) >= 11 is 0. The molecule has 1 aromatic heterocycles. The molecular weight excluding hydrogens is 445 g/mol. The minimum atomic E-state index is -5.08. The number of carboxylic acid groups (broad SMARTS) is 1. The maximum atomic E-state index is 12.6. The van der Waals surface area contributed by atoms with Gasteiger partial charge in [0, 0.05) is 25.2 Å². The van der Waals surface area contributed by atoms with E-state index in [0.29, 0.717) is 44.6 Å². The Balaban J connectivity index is 0.000000383. The van der Waals surface area contributed by atoms with Crippen LogP contribution in [0.25, 0.3) is 0 Å². The summed E-state index contributed by atoms with van der Waals surface area (Å²) < 4.78 is 49.0. The van der Waals surface area contributed by atoms with E-state index in [-0.39, 0.29) is 17.9 Å². The summed E-state index contributed by atoms with van der Waals surface area (Å²) in [5.41, 5.74) is -0.155. The number of hydrogen-bond acceptors (Lipinski definition) is 6. The van der Waals surface area contributed by atoms with Gasteiger partial charge in [0.15, 0.2) is 6.61 Å². The molecule has 0 bridgehead atoms. The molecule has 3 heterocycles. The van der Waals surface area contributed by atoms with Gasteiger partial charge >= 0.3 is 12.1 Å². The largest absolute Gasteiger partial charge is 0.491 e. The van der Waals surface area contributed by atoms with Crippen LogP contribution in [0.1, 0.15) is 0 Å². The van der Waals surface area contributed by atoms with Gasteiger partial charge in [-0.3, -0.25) is 9.78 Å². The number of nitrogens with zero attached hydrogens (tertiary/aromatic N) is 2. The van der Waals surface area contributed by atoms with E-state index in [4.69, 9.17) is 24.1 Å². The predicted octanol–water partition coefficient (Wildman–Crippen LogP) is 2.65. The number of rotatable bonds is 6. The second kappa shape index (κ2) is 10.5. The number of alkyl halides is 3. The van der Waals surface area contributed by atoms with Crippen molar-refractivity contribution >= 4 is 11.9 Å². The number of ether oxygens (including phenoxy) is 3. The highest BCUT2D eigenvalue weighted by atomic mass is 19.4. The molecule has 11 heteroatoms. The van der Waals surface area contributed by atoms with Gasteiger partial charge in [0.1, 0.15) is 11.5 Å². The molecule has 178 valence electrons. The fraction of sp³-hybridized carbons (Fsp3) is 0.409. The van der Waals surface area contributed by atoms with Gasteiger partial charge in [0.2, 0.25) is 0 Å². The van der Waals surface area contributed by atoms with E-state index in [0.717, 1.165) is 5.75 Å². The normalized spacial score (nSPS) is 21.5. The van der Waals surface area contributed by atoms with Crippen LogP contribution in [0.5, 0.6) is 11.5 Å². The van der Waals surface area contributed by atoms with Crippen molar-refractivity contribution in [2.24, 2.45) is 11.3 Å². The van der Waals surface area contributed by atoms with Gasteiger partial charge in [-0.05, 0) is 24.3 Å². The number of halogens is 3. The van der Waals surface area contributed by atoms with E-state index in [1.54, 1.807) is 12.4 Å². The molecule has 8 nitrogen and oxygen atoms in total. The summed E-state index contributed by atoms with van der Waals surface area (Å²) in [6, 6.07) is 13.1. The van der Waals surface area contributed by atoms with Crippen molar-refractivity contribution in [1.29, 1.82) is 0 Å². The molecule has 4 rings (SSSR count). The maximum absolute atomic E-state index is 12.6. The van der Waals surface area contributed by atoms with E-state index in [2.05, 4.69) is 4.98 Å². The molecule has 0 saturated carbocycles. The Bertz CT molecular complexity index is 929. The third kappa shape index (κ3) is 6.58. The summed E-state index contributed by atoms with van der Waals surface area (Å²) in [5.74, 6) is -1.01. The van der Waals surface area contributed by atoms with Crippen LogP contribution in [-0.2, 0) is 14.3 Å². The van der Waals surface area contributed by atoms with Gasteiger partial charge in [-0.2, -0.15) is 13.2 Å². The molecule has 2 aliphatic rings. The number of fused-ring (bicyclic) bond motifs is 1. The van der Waals surface area contributed by atoms with E-state index in [1.807, 2.05) is 47.4 Å². The first-order chi connectivity index (χ1) is 15.7. The molecule has 1 N–H and O–H groups in total. The zero-order chi connectivity index (χ0) is 23.9. The molecule has 2 aliphatic heterocycles. The topological polar surface area (TPSA) is 98.2 Å². The van der Waals surface area contributed by atoms with E-state index in [1.165, 1.54) is 0 Å². The number of para-hydroxylation sites is 1. The molecule has 33 heavy (non-hydrogen) atoms. The third-order valence-corrected chi connectivity index (χ3v) is 5.38. The Morgan fingerprint density at radius 2 is 1.85 bits per heavy atom. The Labute approximate surface area is 187 Å². The van der Waals surface area contributed by atoms with E-state index in [9.17, 15) is 18.0 Å². The molecule has 0 unspecified atom stereocenters. The minimum absolute atomic E-state index is 0.00371. The van der Waals surface area contributed by atoms with Gasteiger partial charge in [0.05, 0.1) is 31.4 Å². The van der Waals surface area contributed by atoms with Crippen LogP contribution in [0.2, 0.25) is 0 Å². The maximum Gasteiger partial charge on any atom is 0.490 e. The van der Waals surface area contributed by atoms with Gasteiger partial charge in [-0.15, -0.1) is 0 Å². The highest BCUT2D eigenvalue weighted by molar-refractivity contribution is 5.78. The van der Waals surface area contributed by atoms with Crippen molar-refractivity contribution < 1.29 is 42.1 Å². The van der Waals surface area contributed by atoms with Crippen molar-refractivity contribution in [3.8, 4) is 11.5 Å². The Kier molecular flexibility index (Phi) is 7.75.